The van der Waals surface area contributed by atoms with Gasteiger partial charge in [-0.25, -0.2) is 0 Å². The van der Waals surface area contributed by atoms with E-state index in [4.69, 9.17) is 13.9 Å². The Bertz CT molecular complexity index is 1010. The molecule has 1 fully saturated rings. The van der Waals surface area contributed by atoms with E-state index in [0.29, 0.717) is 17.9 Å². The average Bonchev–Trinajstić information content (AvgIpc) is 3.09. The van der Waals surface area contributed by atoms with Crippen molar-refractivity contribution in [3.05, 3.63) is 64.9 Å². The molecule has 1 aliphatic heterocycles. The highest BCUT2D eigenvalue weighted by atomic mass is 16.5. The standard InChI is InChI=1S/C23H26N2O4/c1-16-20-13-19(27-2)6-7-21(20)29-22(16)23(26)24-14-17-4-3-5-18(12-17)15-25-8-10-28-11-9-25/h3-7,12-13H,8-11,14-15H2,1-2H3,(H,24,26). The molecule has 1 N–H and O–H groups in total. The molecule has 3 aromatic rings. The van der Waals surface area contributed by atoms with Gasteiger partial charge < -0.3 is 19.2 Å². The molecule has 6 nitrogen and oxygen atoms in total. The second-order valence-electron chi connectivity index (χ2n) is 7.31. The van der Waals surface area contributed by atoms with Gasteiger partial charge >= 0.3 is 0 Å². The van der Waals surface area contributed by atoms with Gasteiger partial charge in [0.15, 0.2) is 5.76 Å². The minimum atomic E-state index is -0.212. The van der Waals surface area contributed by atoms with Crippen LogP contribution < -0.4 is 10.1 Å². The van der Waals surface area contributed by atoms with Gasteiger partial charge in [-0.05, 0) is 36.2 Å². The summed E-state index contributed by atoms with van der Waals surface area (Å²) in [5, 5.41) is 3.87. The van der Waals surface area contributed by atoms with Gasteiger partial charge in [-0.2, -0.15) is 0 Å². The monoisotopic (exact) mass is 394 g/mol. The van der Waals surface area contributed by atoms with Gasteiger partial charge in [0, 0.05) is 37.1 Å². The van der Waals surface area contributed by atoms with E-state index >= 15 is 0 Å². The molecule has 6 heteroatoms. The second-order valence-corrected chi connectivity index (χ2v) is 7.31. The first kappa shape index (κ1) is 19.5. The third-order valence-corrected chi connectivity index (χ3v) is 5.30. The number of methoxy groups -OCH3 is 1. The summed E-state index contributed by atoms with van der Waals surface area (Å²) in [6.07, 6.45) is 0. The molecule has 0 atom stereocenters. The van der Waals surface area contributed by atoms with Crippen molar-refractivity contribution in [3.8, 4) is 5.75 Å². The molecule has 1 amide bonds. The number of aryl methyl sites for hydroxylation is 1. The minimum absolute atomic E-state index is 0.212. The van der Waals surface area contributed by atoms with Gasteiger partial charge in [0.1, 0.15) is 11.3 Å². The van der Waals surface area contributed by atoms with E-state index < -0.39 is 0 Å². The molecule has 0 saturated carbocycles. The molecule has 0 radical (unpaired) electrons. The molecule has 4 rings (SSSR count). The lowest BCUT2D eigenvalue weighted by atomic mass is 10.1. The maximum absolute atomic E-state index is 12.7. The van der Waals surface area contributed by atoms with Crippen LogP contribution in [-0.2, 0) is 17.8 Å². The van der Waals surface area contributed by atoms with E-state index in [1.165, 1.54) is 5.56 Å². The van der Waals surface area contributed by atoms with E-state index in [-0.39, 0.29) is 5.91 Å². The van der Waals surface area contributed by atoms with Gasteiger partial charge in [-0.15, -0.1) is 0 Å². The first-order valence-corrected chi connectivity index (χ1v) is 9.87. The Kier molecular flexibility index (Phi) is 5.83. The number of hydrogen-bond acceptors (Lipinski definition) is 5. The molecule has 1 saturated heterocycles. The molecule has 2 heterocycles. The largest absolute Gasteiger partial charge is 0.497 e. The van der Waals surface area contributed by atoms with Crippen LogP contribution in [0.15, 0.2) is 46.9 Å². The van der Waals surface area contributed by atoms with E-state index in [1.54, 1.807) is 7.11 Å². The topological polar surface area (TPSA) is 63.9 Å². The van der Waals surface area contributed by atoms with E-state index in [9.17, 15) is 4.79 Å². The van der Waals surface area contributed by atoms with Gasteiger partial charge in [-0.1, -0.05) is 24.3 Å². The van der Waals surface area contributed by atoms with Crippen LogP contribution in [0, 0.1) is 6.92 Å². The van der Waals surface area contributed by atoms with Crippen LogP contribution in [0.2, 0.25) is 0 Å². The number of morpholine rings is 1. The second kappa shape index (κ2) is 8.68. The fourth-order valence-corrected chi connectivity index (χ4v) is 3.66. The third-order valence-electron chi connectivity index (χ3n) is 5.30. The summed E-state index contributed by atoms with van der Waals surface area (Å²) in [4.78, 5) is 15.1. The summed E-state index contributed by atoms with van der Waals surface area (Å²) >= 11 is 0. The van der Waals surface area contributed by atoms with Crippen LogP contribution in [0.1, 0.15) is 27.2 Å². The predicted molar refractivity (Wildman–Crippen MR) is 111 cm³/mol. The number of carbonyl (C=O) groups excluding carboxylic acids is 1. The van der Waals surface area contributed by atoms with E-state index in [0.717, 1.165) is 55.1 Å². The Morgan fingerprint density at radius 1 is 1.14 bits per heavy atom. The number of carbonyl (C=O) groups is 1. The van der Waals surface area contributed by atoms with Gasteiger partial charge in [0.2, 0.25) is 0 Å². The number of rotatable bonds is 6. The van der Waals surface area contributed by atoms with Gasteiger partial charge in [0.25, 0.3) is 5.91 Å². The zero-order valence-electron chi connectivity index (χ0n) is 16.9. The minimum Gasteiger partial charge on any atom is -0.497 e. The normalized spacial score (nSPS) is 14.8. The lowest BCUT2D eigenvalue weighted by Gasteiger charge is -2.26. The number of nitrogens with one attached hydrogen (secondary N) is 1. The zero-order chi connectivity index (χ0) is 20.2. The summed E-state index contributed by atoms with van der Waals surface area (Å²) in [7, 11) is 1.62. The smallest absolute Gasteiger partial charge is 0.287 e. The number of hydrogen-bond donors (Lipinski definition) is 1. The zero-order valence-corrected chi connectivity index (χ0v) is 16.9. The molecule has 0 unspecified atom stereocenters. The Labute approximate surface area is 170 Å². The molecule has 0 aliphatic carbocycles. The number of furan rings is 1. The highest BCUT2D eigenvalue weighted by Gasteiger charge is 2.18. The van der Waals surface area contributed by atoms with Crippen LogP contribution in [-0.4, -0.2) is 44.2 Å². The Hall–Kier alpha value is -2.83. The molecular formula is C23H26N2O4. The quantitative estimate of drug-likeness (QED) is 0.693. The van der Waals surface area contributed by atoms with Crippen molar-refractivity contribution in [1.82, 2.24) is 10.2 Å². The highest BCUT2D eigenvalue weighted by molar-refractivity contribution is 5.99. The van der Waals surface area contributed by atoms with Crippen molar-refractivity contribution in [2.75, 3.05) is 33.4 Å². The summed E-state index contributed by atoms with van der Waals surface area (Å²) < 4.78 is 16.5. The SMILES string of the molecule is COc1ccc2oc(C(=O)NCc3cccc(CN4CCOCC4)c3)c(C)c2c1. The molecule has 29 heavy (non-hydrogen) atoms. The van der Waals surface area contributed by atoms with Crippen molar-refractivity contribution in [1.29, 1.82) is 0 Å². The predicted octanol–water partition coefficient (Wildman–Crippen LogP) is 3.51. The molecule has 0 spiro atoms. The first-order chi connectivity index (χ1) is 14.1. The van der Waals surface area contributed by atoms with Crippen LogP contribution in [0.3, 0.4) is 0 Å². The fourth-order valence-electron chi connectivity index (χ4n) is 3.66. The summed E-state index contributed by atoms with van der Waals surface area (Å²) in [5.41, 5.74) is 3.81. The highest BCUT2D eigenvalue weighted by Crippen LogP contribution is 2.28. The molecule has 0 bridgehead atoms. The number of amides is 1. The van der Waals surface area contributed by atoms with Crippen LogP contribution in [0.25, 0.3) is 11.0 Å². The number of nitrogens with zero attached hydrogens (tertiary/aromatic N) is 1. The van der Waals surface area contributed by atoms with Gasteiger partial charge in [0.05, 0.1) is 20.3 Å². The maximum Gasteiger partial charge on any atom is 0.287 e. The van der Waals surface area contributed by atoms with E-state index in [2.05, 4.69) is 22.3 Å². The Balaban J connectivity index is 1.42. The van der Waals surface area contributed by atoms with Crippen molar-refractivity contribution in [2.45, 2.75) is 20.0 Å². The fraction of sp³-hybridized carbons (Fsp3) is 0.348. The molecule has 2 aromatic carbocycles. The summed E-state index contributed by atoms with van der Waals surface area (Å²) in [5.74, 6) is 0.874. The number of benzene rings is 2. The van der Waals surface area contributed by atoms with Gasteiger partial charge in [-0.3, -0.25) is 9.69 Å². The van der Waals surface area contributed by atoms with Crippen molar-refractivity contribution in [2.24, 2.45) is 0 Å². The van der Waals surface area contributed by atoms with Crippen LogP contribution in [0.4, 0.5) is 0 Å². The van der Waals surface area contributed by atoms with Crippen LogP contribution >= 0.6 is 0 Å². The Morgan fingerprint density at radius 3 is 2.72 bits per heavy atom. The van der Waals surface area contributed by atoms with Crippen LogP contribution in [0.5, 0.6) is 5.75 Å². The van der Waals surface area contributed by atoms with Crippen molar-refractivity contribution < 1.29 is 18.7 Å². The summed E-state index contributed by atoms with van der Waals surface area (Å²) in [6.45, 7) is 6.74. The van der Waals surface area contributed by atoms with E-state index in [1.807, 2.05) is 37.3 Å². The average molecular weight is 394 g/mol. The molecule has 1 aromatic heterocycles. The summed E-state index contributed by atoms with van der Waals surface area (Å²) in [6, 6.07) is 13.9. The maximum atomic E-state index is 12.7. The van der Waals surface area contributed by atoms with Crippen molar-refractivity contribution in [3.63, 3.8) is 0 Å². The Morgan fingerprint density at radius 2 is 1.93 bits per heavy atom. The number of ether oxygens (including phenoxy) is 2. The third kappa shape index (κ3) is 4.44. The van der Waals surface area contributed by atoms with Crippen molar-refractivity contribution >= 4 is 16.9 Å². The molecular weight excluding hydrogens is 368 g/mol. The molecule has 1 aliphatic rings. The lowest BCUT2D eigenvalue weighted by molar-refractivity contribution is 0.0342. The lowest BCUT2D eigenvalue weighted by Crippen LogP contribution is -2.35. The number of fused-ring (bicyclic) bond motifs is 1. The first-order valence-electron chi connectivity index (χ1n) is 9.87. The molecule has 152 valence electrons.